The van der Waals surface area contributed by atoms with Gasteiger partial charge in [-0.2, -0.15) is 8.42 Å². The van der Waals surface area contributed by atoms with Crippen LogP contribution in [0.5, 0.6) is 0 Å². The van der Waals surface area contributed by atoms with Gasteiger partial charge in [0.1, 0.15) is 0 Å². The molecule has 0 bridgehead atoms. The molecular weight excluding hydrogens is 377 g/mol. The van der Waals surface area contributed by atoms with E-state index in [1.807, 2.05) is 0 Å². The van der Waals surface area contributed by atoms with Gasteiger partial charge in [-0.1, -0.05) is 40.5 Å². The molecule has 2 rings (SSSR count). The standard InChI is InChI=1S/C14H9Cl2NO2.CH4O3S/c15-11-5-1-9(2-6-11)13(17-19)14(18)10-3-7-12(16)8-4-10;1-5(2,3)4/h1-8,19H;1H3,(H,2,3,4). The molecular formula is C15H13Cl2NO5S. The maximum Gasteiger partial charge on any atom is 0.261 e. The Morgan fingerprint density at radius 3 is 1.58 bits per heavy atom. The monoisotopic (exact) mass is 389 g/mol. The molecule has 0 unspecified atom stereocenters. The number of ketones is 1. The first-order valence-corrected chi connectivity index (χ1v) is 8.93. The summed E-state index contributed by atoms with van der Waals surface area (Å²) in [5.41, 5.74) is 0.845. The van der Waals surface area contributed by atoms with E-state index >= 15 is 0 Å². The number of carbonyl (C=O) groups excluding carboxylic acids is 1. The molecule has 0 saturated carbocycles. The van der Waals surface area contributed by atoms with Crippen LogP contribution < -0.4 is 0 Å². The molecule has 0 spiro atoms. The fourth-order valence-corrected chi connectivity index (χ4v) is 1.83. The van der Waals surface area contributed by atoms with Gasteiger partial charge in [0.05, 0.1) is 6.26 Å². The van der Waals surface area contributed by atoms with Crippen LogP contribution in [-0.2, 0) is 10.1 Å². The summed E-state index contributed by atoms with van der Waals surface area (Å²) in [7, 11) is -3.67. The Morgan fingerprint density at radius 2 is 1.25 bits per heavy atom. The highest BCUT2D eigenvalue weighted by atomic mass is 35.5. The van der Waals surface area contributed by atoms with Gasteiger partial charge < -0.3 is 5.21 Å². The van der Waals surface area contributed by atoms with Crippen LogP contribution in [0.25, 0.3) is 0 Å². The Kier molecular flexibility index (Phi) is 7.37. The van der Waals surface area contributed by atoms with Gasteiger partial charge in [-0.3, -0.25) is 9.35 Å². The summed E-state index contributed by atoms with van der Waals surface area (Å²) in [6.45, 7) is 0. The van der Waals surface area contributed by atoms with Gasteiger partial charge in [0.25, 0.3) is 10.1 Å². The van der Waals surface area contributed by atoms with Gasteiger partial charge in [0, 0.05) is 21.2 Å². The van der Waals surface area contributed by atoms with Gasteiger partial charge in [-0.15, -0.1) is 0 Å². The molecule has 0 amide bonds. The van der Waals surface area contributed by atoms with Gasteiger partial charge in [-0.05, 0) is 36.4 Å². The average molecular weight is 390 g/mol. The molecule has 2 aromatic carbocycles. The van der Waals surface area contributed by atoms with Gasteiger partial charge in [-0.25, -0.2) is 0 Å². The number of benzene rings is 2. The van der Waals surface area contributed by atoms with Crippen LogP contribution in [0.4, 0.5) is 0 Å². The lowest BCUT2D eigenvalue weighted by molar-refractivity contribution is 0.106. The molecule has 0 atom stereocenters. The smallest absolute Gasteiger partial charge is 0.261 e. The van der Waals surface area contributed by atoms with Crippen molar-refractivity contribution in [2.45, 2.75) is 0 Å². The van der Waals surface area contributed by atoms with Crippen molar-refractivity contribution in [1.29, 1.82) is 0 Å². The minimum atomic E-state index is -3.67. The zero-order valence-corrected chi connectivity index (χ0v) is 14.7. The molecule has 0 radical (unpaired) electrons. The van der Waals surface area contributed by atoms with E-state index in [1.165, 1.54) is 0 Å². The molecule has 2 N–H and O–H groups in total. The van der Waals surface area contributed by atoms with E-state index in [1.54, 1.807) is 48.5 Å². The fraction of sp³-hybridized carbons (Fsp3) is 0.0667. The van der Waals surface area contributed by atoms with Crippen molar-refractivity contribution in [3.8, 4) is 0 Å². The van der Waals surface area contributed by atoms with Crippen molar-refractivity contribution in [2.24, 2.45) is 5.16 Å². The molecule has 0 aromatic heterocycles. The second-order valence-corrected chi connectivity index (χ2v) is 6.86. The lowest BCUT2D eigenvalue weighted by Crippen LogP contribution is -2.15. The molecule has 128 valence electrons. The van der Waals surface area contributed by atoms with Crippen molar-refractivity contribution >= 4 is 44.8 Å². The van der Waals surface area contributed by atoms with Crippen molar-refractivity contribution < 1.29 is 23.0 Å². The lowest BCUT2D eigenvalue weighted by Gasteiger charge is -2.04. The predicted molar refractivity (Wildman–Crippen MR) is 93.0 cm³/mol. The summed E-state index contributed by atoms with van der Waals surface area (Å²) >= 11 is 11.5. The van der Waals surface area contributed by atoms with E-state index in [4.69, 9.17) is 33.0 Å². The number of oxime groups is 1. The van der Waals surface area contributed by atoms with Crippen molar-refractivity contribution in [3.63, 3.8) is 0 Å². The van der Waals surface area contributed by atoms with Crippen molar-refractivity contribution in [3.05, 3.63) is 69.7 Å². The molecule has 0 aliphatic rings. The minimum Gasteiger partial charge on any atom is -0.410 e. The summed E-state index contributed by atoms with van der Waals surface area (Å²) in [4.78, 5) is 12.2. The number of nitrogens with zero attached hydrogens (tertiary/aromatic N) is 1. The predicted octanol–water partition coefficient (Wildman–Crippen LogP) is 3.56. The molecule has 2 aromatic rings. The molecule has 0 fully saturated rings. The number of hydrogen-bond donors (Lipinski definition) is 2. The topological polar surface area (TPSA) is 104 Å². The Labute approximate surface area is 149 Å². The third-order valence-corrected chi connectivity index (χ3v) is 3.04. The molecule has 0 saturated heterocycles. The van der Waals surface area contributed by atoms with E-state index in [-0.39, 0.29) is 11.5 Å². The quantitative estimate of drug-likeness (QED) is 0.274. The highest BCUT2D eigenvalue weighted by Crippen LogP contribution is 2.15. The first-order chi connectivity index (χ1) is 11.1. The van der Waals surface area contributed by atoms with Crippen LogP contribution in [0.3, 0.4) is 0 Å². The zero-order valence-electron chi connectivity index (χ0n) is 12.3. The van der Waals surface area contributed by atoms with Gasteiger partial charge >= 0.3 is 0 Å². The molecule has 0 heterocycles. The van der Waals surface area contributed by atoms with Gasteiger partial charge in [0.15, 0.2) is 5.71 Å². The second kappa shape index (κ2) is 8.79. The van der Waals surface area contributed by atoms with Crippen LogP contribution >= 0.6 is 23.2 Å². The molecule has 6 nitrogen and oxygen atoms in total. The van der Waals surface area contributed by atoms with Gasteiger partial charge in [0.2, 0.25) is 5.78 Å². The number of carbonyl (C=O) groups is 1. The van der Waals surface area contributed by atoms with Crippen molar-refractivity contribution in [2.75, 3.05) is 6.26 Å². The van der Waals surface area contributed by atoms with Crippen LogP contribution in [0.1, 0.15) is 15.9 Å². The molecule has 24 heavy (non-hydrogen) atoms. The number of halogens is 2. The Bertz CT molecular complexity index is 823. The summed E-state index contributed by atoms with van der Waals surface area (Å²) in [6, 6.07) is 12.8. The number of rotatable bonds is 3. The zero-order chi connectivity index (χ0) is 18.3. The first kappa shape index (κ1) is 20.1. The summed E-state index contributed by atoms with van der Waals surface area (Å²) in [5.74, 6) is -0.388. The lowest BCUT2D eigenvalue weighted by atomic mass is 10.0. The largest absolute Gasteiger partial charge is 0.410 e. The Morgan fingerprint density at radius 1 is 0.917 bits per heavy atom. The molecule has 0 aliphatic carbocycles. The second-order valence-electron chi connectivity index (χ2n) is 4.52. The normalized spacial score (nSPS) is 11.4. The maximum atomic E-state index is 12.2. The average Bonchev–Trinajstić information content (AvgIpc) is 2.49. The number of Topliss-reactive ketones (excluding diaryl/α,β-unsaturated/α-hetero) is 1. The van der Waals surface area contributed by atoms with Crippen LogP contribution in [0, 0.1) is 0 Å². The maximum absolute atomic E-state index is 12.2. The van der Waals surface area contributed by atoms with Crippen LogP contribution in [0.2, 0.25) is 10.0 Å². The third-order valence-electron chi connectivity index (χ3n) is 2.54. The van der Waals surface area contributed by atoms with Crippen molar-refractivity contribution in [1.82, 2.24) is 0 Å². The molecule has 9 heteroatoms. The Balaban J connectivity index is 0.000000505. The summed E-state index contributed by atoms with van der Waals surface area (Å²) in [6.07, 6.45) is 0.715. The highest BCUT2D eigenvalue weighted by molar-refractivity contribution is 7.85. The third kappa shape index (κ3) is 7.10. The van der Waals surface area contributed by atoms with E-state index in [9.17, 15) is 13.2 Å². The van der Waals surface area contributed by atoms with Crippen LogP contribution in [-0.4, -0.2) is 35.9 Å². The Hall–Kier alpha value is -1.93. The SMILES string of the molecule is CS(=O)(=O)O.O=C(C(=NO)c1ccc(Cl)cc1)c1ccc(Cl)cc1. The fourth-order valence-electron chi connectivity index (χ4n) is 1.58. The van der Waals surface area contributed by atoms with E-state index in [0.717, 1.165) is 0 Å². The first-order valence-electron chi connectivity index (χ1n) is 6.32. The van der Waals surface area contributed by atoms with E-state index in [2.05, 4.69) is 5.16 Å². The highest BCUT2D eigenvalue weighted by Gasteiger charge is 2.16. The number of hydrogen-bond acceptors (Lipinski definition) is 5. The molecule has 0 aliphatic heterocycles. The summed E-state index contributed by atoms with van der Waals surface area (Å²) < 4.78 is 25.9. The van der Waals surface area contributed by atoms with E-state index in [0.29, 0.717) is 27.4 Å². The van der Waals surface area contributed by atoms with E-state index < -0.39 is 10.1 Å². The van der Waals surface area contributed by atoms with Crippen LogP contribution in [0.15, 0.2) is 53.7 Å². The minimum absolute atomic E-state index is 0.0426. The summed E-state index contributed by atoms with van der Waals surface area (Å²) in [5, 5.41) is 13.2.